The first kappa shape index (κ1) is 13.0. The zero-order valence-corrected chi connectivity index (χ0v) is 10.5. The quantitative estimate of drug-likeness (QED) is 0.793. The molecule has 0 atom stereocenters. The number of benzene rings is 1. The van der Waals surface area contributed by atoms with Gasteiger partial charge < -0.3 is 9.47 Å². The van der Waals surface area contributed by atoms with E-state index in [1.54, 1.807) is 6.07 Å². The van der Waals surface area contributed by atoms with Crippen LogP contribution in [0.2, 0.25) is 0 Å². The molecule has 0 amide bonds. The van der Waals surface area contributed by atoms with Crippen LogP contribution in [-0.4, -0.2) is 25.0 Å². The molecule has 0 aliphatic rings. The summed E-state index contributed by atoms with van der Waals surface area (Å²) in [6.07, 6.45) is 1.37. The highest BCUT2D eigenvalue weighted by molar-refractivity contribution is 6.08. The van der Waals surface area contributed by atoms with E-state index in [1.165, 1.54) is 44.7 Å². The van der Waals surface area contributed by atoms with Gasteiger partial charge in [0.15, 0.2) is 5.82 Å². The van der Waals surface area contributed by atoms with Crippen LogP contribution in [0.3, 0.4) is 0 Å². The third kappa shape index (κ3) is 2.70. The number of methoxy groups -OCH3 is 2. The minimum absolute atomic E-state index is 0.224. The zero-order valence-electron chi connectivity index (χ0n) is 10.5. The van der Waals surface area contributed by atoms with Crippen molar-refractivity contribution < 1.29 is 18.7 Å². The Labute approximate surface area is 109 Å². The number of ketones is 1. The highest BCUT2D eigenvalue weighted by atomic mass is 19.1. The van der Waals surface area contributed by atoms with Gasteiger partial charge in [-0.25, -0.2) is 9.37 Å². The number of pyridine rings is 1. The van der Waals surface area contributed by atoms with E-state index in [2.05, 4.69) is 4.98 Å². The van der Waals surface area contributed by atoms with Gasteiger partial charge in [0.25, 0.3) is 0 Å². The Balaban J connectivity index is 2.47. The summed E-state index contributed by atoms with van der Waals surface area (Å²) in [7, 11) is 2.95. The van der Waals surface area contributed by atoms with Crippen LogP contribution < -0.4 is 9.47 Å². The fourth-order valence-electron chi connectivity index (χ4n) is 1.63. The third-order valence-electron chi connectivity index (χ3n) is 2.59. The van der Waals surface area contributed by atoms with Crippen LogP contribution >= 0.6 is 0 Å². The Hall–Kier alpha value is -2.43. The Morgan fingerprint density at radius 3 is 2.32 bits per heavy atom. The maximum atomic E-state index is 13.5. The van der Waals surface area contributed by atoms with E-state index in [4.69, 9.17) is 9.47 Å². The number of nitrogens with zero attached hydrogens (tertiary/aromatic N) is 1. The standard InChI is InChI=1S/C14H12FNO3/c1-18-10-6-9(7-11(8-10)19-2)14(17)13-12(15)4-3-5-16-13/h3-8H,1-2H3. The Bertz CT molecular complexity index is 591. The van der Waals surface area contributed by atoms with E-state index < -0.39 is 11.6 Å². The Morgan fingerprint density at radius 1 is 1.16 bits per heavy atom. The summed E-state index contributed by atoms with van der Waals surface area (Å²) in [5.41, 5.74) is 0.0339. The SMILES string of the molecule is COc1cc(OC)cc(C(=O)c2ncccc2F)c1. The van der Waals surface area contributed by atoms with Crippen LogP contribution in [0.15, 0.2) is 36.5 Å². The maximum Gasteiger partial charge on any atom is 0.214 e. The summed E-state index contributed by atoms with van der Waals surface area (Å²) in [6.45, 7) is 0. The number of halogens is 1. The monoisotopic (exact) mass is 261 g/mol. The molecular formula is C14H12FNO3. The van der Waals surface area contributed by atoms with Crippen molar-refractivity contribution in [1.29, 1.82) is 0 Å². The second kappa shape index (κ2) is 5.48. The fourth-order valence-corrected chi connectivity index (χ4v) is 1.63. The molecule has 1 aromatic carbocycles. The molecule has 4 nitrogen and oxygen atoms in total. The minimum Gasteiger partial charge on any atom is -0.497 e. The van der Waals surface area contributed by atoms with Crippen LogP contribution in [-0.2, 0) is 0 Å². The first-order valence-corrected chi connectivity index (χ1v) is 5.54. The molecule has 1 aromatic heterocycles. The van der Waals surface area contributed by atoms with E-state index in [-0.39, 0.29) is 11.3 Å². The molecule has 0 saturated carbocycles. The van der Waals surface area contributed by atoms with Crippen molar-refractivity contribution in [3.8, 4) is 11.5 Å². The minimum atomic E-state index is -0.658. The van der Waals surface area contributed by atoms with Crippen molar-refractivity contribution in [1.82, 2.24) is 4.98 Å². The van der Waals surface area contributed by atoms with E-state index >= 15 is 0 Å². The summed E-state index contributed by atoms with van der Waals surface area (Å²) in [5, 5.41) is 0. The van der Waals surface area contributed by atoms with Crippen molar-refractivity contribution >= 4 is 5.78 Å². The lowest BCUT2D eigenvalue weighted by Gasteiger charge is -2.07. The van der Waals surface area contributed by atoms with Crippen molar-refractivity contribution in [2.45, 2.75) is 0 Å². The normalized spacial score (nSPS) is 10.1. The second-order valence-electron chi connectivity index (χ2n) is 3.76. The van der Waals surface area contributed by atoms with Gasteiger partial charge in [0.05, 0.1) is 14.2 Å². The van der Waals surface area contributed by atoms with Gasteiger partial charge in [0, 0.05) is 17.8 Å². The molecule has 98 valence electrons. The van der Waals surface area contributed by atoms with E-state index in [9.17, 15) is 9.18 Å². The predicted octanol–water partition coefficient (Wildman–Crippen LogP) is 2.47. The van der Waals surface area contributed by atoms with E-state index in [0.717, 1.165) is 0 Å². The highest BCUT2D eigenvalue weighted by Crippen LogP contribution is 2.24. The summed E-state index contributed by atoms with van der Waals surface area (Å²) >= 11 is 0. The molecule has 0 fully saturated rings. The molecule has 0 spiro atoms. The molecule has 0 saturated heterocycles. The summed E-state index contributed by atoms with van der Waals surface area (Å²) in [6, 6.07) is 7.28. The van der Waals surface area contributed by atoms with Gasteiger partial charge in [0.2, 0.25) is 5.78 Å². The molecule has 5 heteroatoms. The molecule has 0 aliphatic carbocycles. The first-order valence-electron chi connectivity index (χ1n) is 5.54. The molecular weight excluding hydrogens is 249 g/mol. The Morgan fingerprint density at radius 2 is 1.79 bits per heavy atom. The van der Waals surface area contributed by atoms with Crippen LogP contribution in [0.5, 0.6) is 11.5 Å². The van der Waals surface area contributed by atoms with Gasteiger partial charge in [-0.2, -0.15) is 0 Å². The molecule has 2 aromatic rings. The number of carbonyl (C=O) groups excluding carboxylic acids is 1. The summed E-state index contributed by atoms with van der Waals surface area (Å²) < 4.78 is 23.7. The van der Waals surface area contributed by atoms with E-state index in [0.29, 0.717) is 11.5 Å². The molecule has 0 aliphatic heterocycles. The van der Waals surface area contributed by atoms with Crippen LogP contribution in [0.4, 0.5) is 4.39 Å². The van der Waals surface area contributed by atoms with Gasteiger partial charge in [-0.3, -0.25) is 4.79 Å². The average molecular weight is 261 g/mol. The fraction of sp³-hybridized carbons (Fsp3) is 0.143. The number of aromatic nitrogens is 1. The predicted molar refractivity (Wildman–Crippen MR) is 67.2 cm³/mol. The molecule has 1 heterocycles. The lowest BCUT2D eigenvalue weighted by Crippen LogP contribution is -2.07. The van der Waals surface area contributed by atoms with E-state index in [1.807, 2.05) is 0 Å². The van der Waals surface area contributed by atoms with Gasteiger partial charge >= 0.3 is 0 Å². The molecule has 0 N–H and O–H groups in total. The zero-order chi connectivity index (χ0) is 13.8. The van der Waals surface area contributed by atoms with Crippen LogP contribution in [0.1, 0.15) is 16.1 Å². The second-order valence-corrected chi connectivity index (χ2v) is 3.76. The Kier molecular flexibility index (Phi) is 3.75. The summed E-state index contributed by atoms with van der Waals surface area (Å²) in [4.78, 5) is 15.9. The van der Waals surface area contributed by atoms with Crippen molar-refractivity contribution in [2.24, 2.45) is 0 Å². The molecule has 19 heavy (non-hydrogen) atoms. The third-order valence-corrected chi connectivity index (χ3v) is 2.59. The van der Waals surface area contributed by atoms with Gasteiger partial charge in [0.1, 0.15) is 17.2 Å². The van der Waals surface area contributed by atoms with Gasteiger partial charge in [-0.05, 0) is 24.3 Å². The van der Waals surface area contributed by atoms with Gasteiger partial charge in [-0.1, -0.05) is 0 Å². The van der Waals surface area contributed by atoms with Crippen molar-refractivity contribution in [2.75, 3.05) is 14.2 Å². The topological polar surface area (TPSA) is 48.4 Å². The first-order chi connectivity index (χ1) is 9.15. The number of carbonyl (C=O) groups is 1. The lowest BCUT2D eigenvalue weighted by atomic mass is 10.1. The number of hydrogen-bond acceptors (Lipinski definition) is 4. The molecule has 0 unspecified atom stereocenters. The smallest absolute Gasteiger partial charge is 0.214 e. The number of hydrogen-bond donors (Lipinski definition) is 0. The van der Waals surface area contributed by atoms with Crippen molar-refractivity contribution in [3.63, 3.8) is 0 Å². The van der Waals surface area contributed by atoms with Crippen molar-refractivity contribution in [3.05, 3.63) is 53.6 Å². The molecule has 0 radical (unpaired) electrons. The summed E-state index contributed by atoms with van der Waals surface area (Å²) in [5.74, 6) is -0.261. The molecule has 0 bridgehead atoms. The largest absolute Gasteiger partial charge is 0.497 e. The average Bonchev–Trinajstić information content (AvgIpc) is 2.46. The lowest BCUT2D eigenvalue weighted by molar-refractivity contribution is 0.102. The number of ether oxygens (including phenoxy) is 2. The van der Waals surface area contributed by atoms with Crippen LogP contribution in [0.25, 0.3) is 0 Å². The van der Waals surface area contributed by atoms with Crippen LogP contribution in [0, 0.1) is 5.82 Å². The van der Waals surface area contributed by atoms with Gasteiger partial charge in [-0.15, -0.1) is 0 Å². The molecule has 2 rings (SSSR count). The maximum absolute atomic E-state index is 13.5. The highest BCUT2D eigenvalue weighted by Gasteiger charge is 2.17. The number of rotatable bonds is 4.